The summed E-state index contributed by atoms with van der Waals surface area (Å²) in [5, 5.41) is 1.75. The number of likely N-dealkylation sites (N-methyl/N-ethyl adjacent to an activating group) is 2. The monoisotopic (exact) mass is 408 g/mol. The van der Waals surface area contributed by atoms with Gasteiger partial charge in [0.15, 0.2) is 0 Å². The summed E-state index contributed by atoms with van der Waals surface area (Å²) >= 11 is 0. The molecule has 0 heterocycles. The second-order valence-electron chi connectivity index (χ2n) is 8.76. The molecular formula is C19H38N2NiSi2-2. The van der Waals surface area contributed by atoms with Crippen molar-refractivity contribution < 1.29 is 16.5 Å². The fourth-order valence-corrected chi connectivity index (χ4v) is 13.8. The molecule has 0 saturated heterocycles. The Labute approximate surface area is 164 Å². The molecule has 144 valence electrons. The number of hydrogen-bond acceptors (Lipinski definition) is 2. The van der Waals surface area contributed by atoms with Crippen LogP contribution in [0.15, 0.2) is 24.3 Å². The first-order valence-electron chi connectivity index (χ1n) is 8.50. The molecule has 0 spiro atoms. The van der Waals surface area contributed by atoms with E-state index in [1.807, 2.05) is 6.07 Å². The molecule has 24 heavy (non-hydrogen) atoms. The average molecular weight is 409 g/mol. The number of hydrogen-bond donors (Lipinski definition) is 0. The summed E-state index contributed by atoms with van der Waals surface area (Å²) < 4.78 is 0. The fraction of sp³-hybridized carbons (Fsp3) is 0.632. The van der Waals surface area contributed by atoms with Crippen LogP contribution in [0.4, 0.5) is 0 Å². The molecule has 0 atom stereocenters. The minimum atomic E-state index is -1.22. The third-order valence-corrected chi connectivity index (χ3v) is 11.5. The van der Waals surface area contributed by atoms with Crippen molar-refractivity contribution in [2.24, 2.45) is 0 Å². The molecule has 0 saturated carbocycles. The molecule has 0 aliphatic heterocycles. The molecule has 1 aromatic rings. The molecule has 0 N–H and O–H groups in total. The van der Waals surface area contributed by atoms with E-state index in [-0.39, 0.29) is 16.5 Å². The first kappa shape index (κ1) is 26.2. The van der Waals surface area contributed by atoms with Crippen molar-refractivity contribution in [1.29, 1.82) is 0 Å². The van der Waals surface area contributed by atoms with Gasteiger partial charge in [-0.15, -0.1) is 6.07 Å². The van der Waals surface area contributed by atoms with Crippen LogP contribution in [-0.4, -0.2) is 67.2 Å². The van der Waals surface area contributed by atoms with E-state index in [1.165, 1.54) is 5.56 Å². The molecule has 0 bridgehead atoms. The molecule has 0 aliphatic rings. The van der Waals surface area contributed by atoms with E-state index < -0.39 is 16.1 Å². The Morgan fingerprint density at radius 2 is 1.25 bits per heavy atom. The Kier molecular flexibility index (Phi) is 12.6. The van der Waals surface area contributed by atoms with Crippen LogP contribution in [0.2, 0.25) is 39.3 Å². The first-order chi connectivity index (χ1) is 10.4. The van der Waals surface area contributed by atoms with Crippen LogP contribution in [0.25, 0.3) is 0 Å². The van der Waals surface area contributed by atoms with Gasteiger partial charge in [0.25, 0.3) is 0 Å². The first-order valence-corrected chi connectivity index (χ1v) is 15.5. The number of nitrogens with zero attached hydrogens (tertiary/aromatic N) is 2. The van der Waals surface area contributed by atoms with E-state index in [0.29, 0.717) is 0 Å². The quantitative estimate of drug-likeness (QED) is 0.512. The van der Waals surface area contributed by atoms with Gasteiger partial charge in [-0.1, -0.05) is 39.3 Å². The normalized spacial score (nSPS) is 11.7. The second-order valence-corrected chi connectivity index (χ2v) is 19.3. The summed E-state index contributed by atoms with van der Waals surface area (Å²) in [5.74, 6) is 0. The zero-order chi connectivity index (χ0) is 18.3. The zero-order valence-electron chi connectivity index (χ0n) is 17.4. The molecule has 1 aromatic carbocycles. The van der Waals surface area contributed by atoms with Crippen molar-refractivity contribution in [1.82, 2.24) is 9.80 Å². The van der Waals surface area contributed by atoms with Gasteiger partial charge < -0.3 is 21.4 Å². The van der Waals surface area contributed by atoms with E-state index in [2.05, 4.69) is 102 Å². The predicted octanol–water partition coefficient (Wildman–Crippen LogP) is 4.27. The minimum Gasteiger partial charge on any atom is -0.371 e. The Morgan fingerprint density at radius 1 is 0.833 bits per heavy atom. The zero-order valence-corrected chi connectivity index (χ0v) is 20.4. The molecule has 2 nitrogen and oxygen atoms in total. The van der Waals surface area contributed by atoms with Crippen LogP contribution >= 0.6 is 0 Å². The molecule has 0 aliphatic carbocycles. The summed E-state index contributed by atoms with van der Waals surface area (Å²) in [6, 6.07) is 11.9. The van der Waals surface area contributed by atoms with Crippen LogP contribution in [0.3, 0.4) is 0 Å². The van der Waals surface area contributed by atoms with Crippen LogP contribution in [-0.2, 0) is 16.5 Å². The average Bonchev–Trinajstić information content (AvgIpc) is 2.35. The smallest absolute Gasteiger partial charge is 0.0103 e. The van der Waals surface area contributed by atoms with Crippen molar-refractivity contribution in [2.45, 2.75) is 39.3 Å². The molecular weight excluding hydrogens is 371 g/mol. The van der Waals surface area contributed by atoms with Crippen molar-refractivity contribution in [3.05, 3.63) is 41.1 Å². The van der Waals surface area contributed by atoms with Gasteiger partial charge in [-0.25, -0.2) is 0 Å². The minimum absolute atomic E-state index is 0. The maximum atomic E-state index is 3.41. The van der Waals surface area contributed by atoms with Gasteiger partial charge >= 0.3 is 0 Å². The van der Waals surface area contributed by atoms with Crippen LogP contribution in [0.1, 0.15) is 5.56 Å². The molecule has 0 aromatic heterocycles. The van der Waals surface area contributed by atoms with Crippen molar-refractivity contribution in [3.8, 4) is 0 Å². The van der Waals surface area contributed by atoms with E-state index in [4.69, 9.17) is 0 Å². The van der Waals surface area contributed by atoms with Gasteiger partial charge in [-0.2, -0.15) is 12.1 Å². The molecule has 1 rings (SSSR count). The molecule has 5 heteroatoms. The number of benzene rings is 1. The van der Waals surface area contributed by atoms with Gasteiger partial charge in [0, 0.05) is 29.6 Å². The Bertz CT molecular complexity index is 401. The summed E-state index contributed by atoms with van der Waals surface area (Å²) in [6.45, 7) is 17.0. The summed E-state index contributed by atoms with van der Waals surface area (Å²) in [6.07, 6.45) is 0. The van der Waals surface area contributed by atoms with Crippen molar-refractivity contribution in [3.63, 3.8) is 0 Å². The van der Waals surface area contributed by atoms with E-state index in [0.717, 1.165) is 13.1 Å². The molecule has 0 fully saturated rings. The van der Waals surface area contributed by atoms with Crippen LogP contribution in [0.5, 0.6) is 0 Å². The van der Waals surface area contributed by atoms with Crippen LogP contribution in [0, 0.1) is 11.2 Å². The SMILES string of the molecule is CN(C)CCN(C)C.C[Si](C)(C)[C-](c1[c-]cccc1)[Si](C)(C)C.[Ni]. The van der Waals surface area contributed by atoms with E-state index in [1.54, 1.807) is 5.16 Å². The van der Waals surface area contributed by atoms with E-state index >= 15 is 0 Å². The van der Waals surface area contributed by atoms with Crippen molar-refractivity contribution >= 4 is 16.1 Å². The third kappa shape index (κ3) is 11.5. The maximum absolute atomic E-state index is 3.41. The summed E-state index contributed by atoms with van der Waals surface area (Å²) in [5.41, 5.74) is 1.37. The standard InChI is InChI=1S/C13H22Si2.C6H16N2.Ni/c1-14(2,3)13(15(4,5)6)12-10-8-7-9-11-12;1-7(2)5-6-8(3)4;/h7-10H,1-6H3;5-6H2,1-4H3;/q-2;;. The van der Waals surface area contributed by atoms with Gasteiger partial charge in [0.1, 0.15) is 0 Å². The molecule has 0 radical (unpaired) electrons. The third-order valence-electron chi connectivity index (χ3n) is 3.47. The van der Waals surface area contributed by atoms with Gasteiger partial charge in [0.05, 0.1) is 0 Å². The molecule has 0 unspecified atom stereocenters. The molecule has 0 amide bonds. The maximum Gasteiger partial charge on any atom is 0.0103 e. The largest absolute Gasteiger partial charge is 0.371 e. The Balaban J connectivity index is 0. The fourth-order valence-electron chi connectivity index (χ4n) is 2.88. The second kappa shape index (κ2) is 11.5. The predicted molar refractivity (Wildman–Crippen MR) is 111 cm³/mol. The topological polar surface area (TPSA) is 6.48 Å². The van der Waals surface area contributed by atoms with Gasteiger partial charge in [-0.05, 0) is 44.3 Å². The van der Waals surface area contributed by atoms with Gasteiger partial charge in [0.2, 0.25) is 0 Å². The Morgan fingerprint density at radius 3 is 1.50 bits per heavy atom. The van der Waals surface area contributed by atoms with Crippen molar-refractivity contribution in [2.75, 3.05) is 41.3 Å². The summed E-state index contributed by atoms with van der Waals surface area (Å²) in [4.78, 5) is 4.36. The van der Waals surface area contributed by atoms with Crippen LogP contribution < -0.4 is 0 Å². The van der Waals surface area contributed by atoms with E-state index in [9.17, 15) is 0 Å². The number of rotatable bonds is 6. The Hall–Kier alpha value is -0.0627. The van der Waals surface area contributed by atoms with Gasteiger partial charge in [-0.3, -0.25) is 11.2 Å². The summed E-state index contributed by atoms with van der Waals surface area (Å²) in [7, 11) is 5.92.